The lowest BCUT2D eigenvalue weighted by atomic mass is 10.2. The minimum Gasteiger partial charge on any atom is -0.246 e. The molecule has 0 N–H and O–H groups in total. The largest absolute Gasteiger partial charge is 0.246 e. The van der Waals surface area contributed by atoms with Crippen LogP contribution >= 0.6 is 15.9 Å². The Balaban J connectivity index is 3.00. The van der Waals surface area contributed by atoms with Crippen molar-refractivity contribution in [1.29, 1.82) is 0 Å². The number of hydrogen-bond acceptors (Lipinski definition) is 3. The molecule has 0 aliphatic carbocycles. The highest BCUT2D eigenvalue weighted by atomic mass is 79.9. The number of isocyanates is 1. The summed E-state index contributed by atoms with van der Waals surface area (Å²) >= 11 is 3.25. The molecule has 1 rings (SSSR count). The molecule has 70 valence electrons. The highest BCUT2D eigenvalue weighted by Crippen LogP contribution is 2.24. The Bertz CT molecular complexity index is 339. The van der Waals surface area contributed by atoms with Gasteiger partial charge in [0.2, 0.25) is 6.08 Å². The van der Waals surface area contributed by atoms with Crippen LogP contribution < -0.4 is 0 Å². The molecule has 0 bridgehead atoms. The maximum absolute atomic E-state index is 10.1. The van der Waals surface area contributed by atoms with Crippen molar-refractivity contribution in [1.82, 2.24) is 9.78 Å². The van der Waals surface area contributed by atoms with Gasteiger partial charge in [-0.3, -0.25) is 0 Å². The van der Waals surface area contributed by atoms with Gasteiger partial charge < -0.3 is 0 Å². The van der Waals surface area contributed by atoms with E-state index in [-0.39, 0.29) is 0 Å². The van der Waals surface area contributed by atoms with Gasteiger partial charge in [-0.05, 0) is 21.8 Å². The summed E-state index contributed by atoms with van der Waals surface area (Å²) in [7, 11) is 0. The highest BCUT2D eigenvalue weighted by Gasteiger charge is 2.08. The monoisotopic (exact) mass is 243 g/mol. The van der Waals surface area contributed by atoms with E-state index in [0.717, 1.165) is 11.0 Å². The first-order valence-electron chi connectivity index (χ1n) is 3.94. The van der Waals surface area contributed by atoms with E-state index in [1.165, 1.54) is 6.08 Å². The first-order valence-corrected chi connectivity index (χ1v) is 4.73. The van der Waals surface area contributed by atoms with Crippen LogP contribution in [0.15, 0.2) is 15.7 Å². The first kappa shape index (κ1) is 10.2. The molecule has 0 aliphatic heterocycles. The number of rotatable bonds is 3. The van der Waals surface area contributed by atoms with Gasteiger partial charge in [-0.15, -0.1) is 4.99 Å². The van der Waals surface area contributed by atoms with Gasteiger partial charge in [-0.1, -0.05) is 13.8 Å². The molecule has 13 heavy (non-hydrogen) atoms. The third-order valence-corrected chi connectivity index (χ3v) is 2.02. The SMILES string of the molecule is CC(C)Cn1ncc(Br)c1N=C=O. The molecule has 0 atom stereocenters. The van der Waals surface area contributed by atoms with Crippen LogP contribution in [0.4, 0.5) is 5.82 Å². The predicted octanol–water partition coefficient (Wildman–Crippen LogP) is 2.27. The lowest BCUT2D eigenvalue weighted by Crippen LogP contribution is -2.05. The quantitative estimate of drug-likeness (QED) is 0.604. The van der Waals surface area contributed by atoms with Gasteiger partial charge in [0.1, 0.15) is 0 Å². The molecule has 4 nitrogen and oxygen atoms in total. The Morgan fingerprint density at radius 3 is 3.00 bits per heavy atom. The molecular weight excluding hydrogens is 234 g/mol. The van der Waals surface area contributed by atoms with Crippen LogP contribution in [-0.2, 0) is 11.3 Å². The standard InChI is InChI=1S/C8H10BrN3O/c1-6(2)4-12-8(10-5-13)7(9)3-11-12/h3,6H,4H2,1-2H3. The molecule has 0 fully saturated rings. The molecule has 0 aliphatic rings. The summed E-state index contributed by atoms with van der Waals surface area (Å²) in [5.74, 6) is 0.996. The lowest BCUT2D eigenvalue weighted by Gasteiger charge is -2.05. The molecule has 0 saturated carbocycles. The van der Waals surface area contributed by atoms with E-state index >= 15 is 0 Å². The fraction of sp³-hybridized carbons (Fsp3) is 0.500. The Kier molecular flexibility index (Phi) is 3.39. The van der Waals surface area contributed by atoms with E-state index in [4.69, 9.17) is 0 Å². The molecule has 0 amide bonds. The van der Waals surface area contributed by atoms with Crippen LogP contribution in [0.3, 0.4) is 0 Å². The first-order chi connectivity index (χ1) is 6.15. The Morgan fingerprint density at radius 2 is 2.46 bits per heavy atom. The van der Waals surface area contributed by atoms with Gasteiger partial charge >= 0.3 is 0 Å². The van der Waals surface area contributed by atoms with Gasteiger partial charge in [0.15, 0.2) is 5.82 Å². The minimum absolute atomic E-state index is 0.465. The fourth-order valence-electron chi connectivity index (χ4n) is 0.990. The number of aromatic nitrogens is 2. The number of carbonyl (C=O) groups excluding carboxylic acids is 1. The van der Waals surface area contributed by atoms with Crippen molar-refractivity contribution >= 4 is 27.8 Å². The third-order valence-electron chi connectivity index (χ3n) is 1.46. The molecular formula is C8H10BrN3O. The maximum atomic E-state index is 10.1. The predicted molar refractivity (Wildman–Crippen MR) is 52.5 cm³/mol. The van der Waals surface area contributed by atoms with Crippen LogP contribution in [0, 0.1) is 5.92 Å². The molecule has 1 aromatic rings. The summed E-state index contributed by atoms with van der Waals surface area (Å²) in [6.45, 7) is 4.89. The van der Waals surface area contributed by atoms with Gasteiger partial charge in [0, 0.05) is 6.54 Å². The van der Waals surface area contributed by atoms with Crippen molar-refractivity contribution in [2.45, 2.75) is 20.4 Å². The van der Waals surface area contributed by atoms with Gasteiger partial charge in [0.05, 0.1) is 10.7 Å². The lowest BCUT2D eigenvalue weighted by molar-refractivity contribution is 0.485. The van der Waals surface area contributed by atoms with Crippen LogP contribution in [0.2, 0.25) is 0 Å². The smallest absolute Gasteiger partial charge is 0.242 e. The van der Waals surface area contributed by atoms with Crippen molar-refractivity contribution in [2.75, 3.05) is 0 Å². The number of nitrogens with zero attached hydrogens (tertiary/aromatic N) is 3. The number of hydrogen-bond donors (Lipinski definition) is 0. The van der Waals surface area contributed by atoms with Gasteiger partial charge in [-0.25, -0.2) is 9.48 Å². The van der Waals surface area contributed by atoms with Gasteiger partial charge in [0.25, 0.3) is 0 Å². The van der Waals surface area contributed by atoms with Crippen LogP contribution in [0.5, 0.6) is 0 Å². The van der Waals surface area contributed by atoms with Crippen LogP contribution in [0.25, 0.3) is 0 Å². The summed E-state index contributed by atoms with van der Waals surface area (Å²) in [5, 5.41) is 4.07. The summed E-state index contributed by atoms with van der Waals surface area (Å²) in [6, 6.07) is 0. The van der Waals surface area contributed by atoms with Crippen molar-refractivity contribution in [3.63, 3.8) is 0 Å². The molecule has 0 unspecified atom stereocenters. The average molecular weight is 244 g/mol. The summed E-state index contributed by atoms with van der Waals surface area (Å²) in [4.78, 5) is 13.7. The van der Waals surface area contributed by atoms with E-state index in [0.29, 0.717) is 11.7 Å². The minimum atomic E-state index is 0.465. The van der Waals surface area contributed by atoms with Crippen molar-refractivity contribution < 1.29 is 4.79 Å². The zero-order valence-electron chi connectivity index (χ0n) is 7.49. The molecule has 0 spiro atoms. The van der Waals surface area contributed by atoms with Gasteiger partial charge in [-0.2, -0.15) is 5.10 Å². The van der Waals surface area contributed by atoms with Crippen molar-refractivity contribution in [3.05, 3.63) is 10.7 Å². The highest BCUT2D eigenvalue weighted by molar-refractivity contribution is 9.10. The zero-order chi connectivity index (χ0) is 9.84. The molecule has 0 aromatic carbocycles. The van der Waals surface area contributed by atoms with Crippen molar-refractivity contribution in [2.24, 2.45) is 10.9 Å². The molecule has 0 saturated heterocycles. The second-order valence-electron chi connectivity index (χ2n) is 3.10. The summed E-state index contributed by atoms with van der Waals surface area (Å²) in [6.07, 6.45) is 3.13. The summed E-state index contributed by atoms with van der Waals surface area (Å²) in [5.41, 5.74) is 0. The normalized spacial score (nSPS) is 10.2. The topological polar surface area (TPSA) is 47.2 Å². The molecule has 1 aromatic heterocycles. The van der Waals surface area contributed by atoms with E-state index in [2.05, 4.69) is 39.9 Å². The molecule has 0 radical (unpaired) electrons. The van der Waals surface area contributed by atoms with E-state index < -0.39 is 0 Å². The summed E-state index contributed by atoms with van der Waals surface area (Å²) < 4.78 is 2.40. The van der Waals surface area contributed by atoms with E-state index in [1.54, 1.807) is 10.9 Å². The number of aliphatic imine (C=N–C) groups is 1. The molecule has 1 heterocycles. The average Bonchev–Trinajstić information content (AvgIpc) is 2.35. The van der Waals surface area contributed by atoms with Crippen LogP contribution in [0.1, 0.15) is 13.8 Å². The van der Waals surface area contributed by atoms with E-state index in [9.17, 15) is 4.79 Å². The molecule has 5 heteroatoms. The van der Waals surface area contributed by atoms with Crippen LogP contribution in [-0.4, -0.2) is 15.9 Å². The second-order valence-corrected chi connectivity index (χ2v) is 3.95. The van der Waals surface area contributed by atoms with E-state index in [1.807, 2.05) is 0 Å². The van der Waals surface area contributed by atoms with Crippen molar-refractivity contribution in [3.8, 4) is 0 Å². The zero-order valence-corrected chi connectivity index (χ0v) is 9.08. The maximum Gasteiger partial charge on any atom is 0.242 e. The number of halogens is 1. The second kappa shape index (κ2) is 4.35. The Morgan fingerprint density at radius 1 is 1.77 bits per heavy atom. The Labute approximate surface area is 84.8 Å². The third kappa shape index (κ3) is 2.50. The Hall–Kier alpha value is -0.930. The fourth-order valence-corrected chi connectivity index (χ4v) is 1.37.